The van der Waals surface area contributed by atoms with E-state index in [-0.39, 0.29) is 12.7 Å². The Kier molecular flexibility index (Phi) is 4.56. The highest BCUT2D eigenvalue weighted by Crippen LogP contribution is 2.34. The van der Waals surface area contributed by atoms with E-state index in [0.717, 1.165) is 18.5 Å². The summed E-state index contributed by atoms with van der Waals surface area (Å²) in [4.78, 5) is 20.4. The Morgan fingerprint density at radius 2 is 2.13 bits per heavy atom. The number of nitrogens with zero attached hydrogens (tertiary/aromatic N) is 2. The third-order valence-corrected chi connectivity index (χ3v) is 3.33. The van der Waals surface area contributed by atoms with Crippen molar-refractivity contribution in [3.05, 3.63) is 36.2 Å². The third-order valence-electron chi connectivity index (χ3n) is 3.33. The molecule has 2 heterocycles. The maximum atomic E-state index is 12.0. The fourth-order valence-corrected chi connectivity index (χ4v) is 2.12. The standard InChI is InChI=1S/C16H18N4O3/c1-2-3-7-17-15(21)12-6-8-18-16(20-12)19-11-4-5-13-14(9-11)23-10-22-13/h4-6,8-9H,2-3,7,10H2,1H3,(H,17,21)(H,18,19,20). The van der Waals surface area contributed by atoms with Gasteiger partial charge in [-0.2, -0.15) is 0 Å². The van der Waals surface area contributed by atoms with Gasteiger partial charge in [-0.1, -0.05) is 13.3 Å². The largest absolute Gasteiger partial charge is 0.454 e. The second-order valence-electron chi connectivity index (χ2n) is 5.07. The summed E-state index contributed by atoms with van der Waals surface area (Å²) in [7, 11) is 0. The Bertz CT molecular complexity index is 705. The van der Waals surface area contributed by atoms with Crippen LogP contribution >= 0.6 is 0 Å². The number of carbonyl (C=O) groups is 1. The number of hydrogen-bond donors (Lipinski definition) is 2. The van der Waals surface area contributed by atoms with Crippen molar-refractivity contribution in [2.24, 2.45) is 0 Å². The van der Waals surface area contributed by atoms with Crippen molar-refractivity contribution < 1.29 is 14.3 Å². The number of anilines is 2. The number of ether oxygens (including phenoxy) is 2. The van der Waals surface area contributed by atoms with E-state index in [4.69, 9.17) is 9.47 Å². The Hall–Kier alpha value is -2.83. The molecule has 0 atom stereocenters. The lowest BCUT2D eigenvalue weighted by Gasteiger charge is -2.07. The van der Waals surface area contributed by atoms with Gasteiger partial charge in [0, 0.05) is 24.5 Å². The van der Waals surface area contributed by atoms with Crippen LogP contribution in [0.3, 0.4) is 0 Å². The smallest absolute Gasteiger partial charge is 0.270 e. The molecule has 2 aromatic rings. The van der Waals surface area contributed by atoms with E-state index in [1.807, 2.05) is 12.1 Å². The van der Waals surface area contributed by atoms with Gasteiger partial charge in [0.1, 0.15) is 5.69 Å². The lowest BCUT2D eigenvalue weighted by atomic mass is 10.3. The number of unbranched alkanes of at least 4 members (excludes halogenated alkanes) is 1. The molecule has 2 N–H and O–H groups in total. The zero-order valence-corrected chi connectivity index (χ0v) is 12.8. The molecule has 3 rings (SSSR count). The Morgan fingerprint density at radius 1 is 1.26 bits per heavy atom. The summed E-state index contributed by atoms with van der Waals surface area (Å²) in [5.74, 6) is 1.53. The van der Waals surface area contributed by atoms with Crippen molar-refractivity contribution in [3.63, 3.8) is 0 Å². The molecule has 0 bridgehead atoms. The van der Waals surface area contributed by atoms with Crippen LogP contribution in [0.5, 0.6) is 11.5 Å². The fourth-order valence-electron chi connectivity index (χ4n) is 2.12. The van der Waals surface area contributed by atoms with Crippen LogP contribution in [0.2, 0.25) is 0 Å². The van der Waals surface area contributed by atoms with Crippen molar-refractivity contribution in [1.29, 1.82) is 0 Å². The number of rotatable bonds is 6. The van der Waals surface area contributed by atoms with Crippen LogP contribution in [-0.4, -0.2) is 29.2 Å². The summed E-state index contributed by atoms with van der Waals surface area (Å²) >= 11 is 0. The molecule has 1 aromatic carbocycles. The maximum Gasteiger partial charge on any atom is 0.270 e. The Morgan fingerprint density at radius 3 is 3.00 bits per heavy atom. The van der Waals surface area contributed by atoms with Gasteiger partial charge in [0.25, 0.3) is 5.91 Å². The third kappa shape index (κ3) is 3.68. The quantitative estimate of drug-likeness (QED) is 0.797. The van der Waals surface area contributed by atoms with Gasteiger partial charge in [-0.3, -0.25) is 4.79 Å². The van der Waals surface area contributed by atoms with Gasteiger partial charge in [0.05, 0.1) is 0 Å². The molecular formula is C16H18N4O3. The van der Waals surface area contributed by atoms with Crippen LogP contribution < -0.4 is 20.1 Å². The number of benzene rings is 1. The minimum Gasteiger partial charge on any atom is -0.454 e. The van der Waals surface area contributed by atoms with Gasteiger partial charge in [-0.15, -0.1) is 0 Å². The van der Waals surface area contributed by atoms with Crippen molar-refractivity contribution in [2.75, 3.05) is 18.7 Å². The summed E-state index contributed by atoms with van der Waals surface area (Å²) in [6, 6.07) is 7.04. The van der Waals surface area contributed by atoms with Crippen LogP contribution in [0.15, 0.2) is 30.5 Å². The average Bonchev–Trinajstić information content (AvgIpc) is 3.03. The van der Waals surface area contributed by atoms with E-state index in [1.54, 1.807) is 18.3 Å². The molecular weight excluding hydrogens is 296 g/mol. The van der Waals surface area contributed by atoms with Gasteiger partial charge in [0.2, 0.25) is 12.7 Å². The van der Waals surface area contributed by atoms with E-state index in [1.165, 1.54) is 0 Å². The molecule has 0 aliphatic carbocycles. The van der Waals surface area contributed by atoms with Crippen LogP contribution in [0.1, 0.15) is 30.3 Å². The summed E-state index contributed by atoms with van der Waals surface area (Å²) in [5, 5.41) is 5.89. The van der Waals surface area contributed by atoms with Crippen molar-refractivity contribution >= 4 is 17.5 Å². The predicted octanol–water partition coefficient (Wildman–Crippen LogP) is 2.48. The monoisotopic (exact) mass is 314 g/mol. The van der Waals surface area contributed by atoms with Gasteiger partial charge in [-0.05, 0) is 24.6 Å². The topological polar surface area (TPSA) is 85.4 Å². The molecule has 23 heavy (non-hydrogen) atoms. The molecule has 120 valence electrons. The predicted molar refractivity (Wildman–Crippen MR) is 85.1 cm³/mol. The van der Waals surface area contributed by atoms with Gasteiger partial charge in [-0.25, -0.2) is 9.97 Å². The van der Waals surface area contributed by atoms with Crippen LogP contribution in [-0.2, 0) is 0 Å². The molecule has 7 heteroatoms. The van der Waals surface area contributed by atoms with Crippen LogP contribution in [0.25, 0.3) is 0 Å². The highest BCUT2D eigenvalue weighted by molar-refractivity contribution is 5.92. The Labute approximate surface area is 134 Å². The van der Waals surface area contributed by atoms with E-state index in [0.29, 0.717) is 29.7 Å². The molecule has 0 saturated heterocycles. The van der Waals surface area contributed by atoms with Gasteiger partial charge in [0.15, 0.2) is 11.5 Å². The number of hydrogen-bond acceptors (Lipinski definition) is 6. The zero-order valence-electron chi connectivity index (χ0n) is 12.8. The minimum atomic E-state index is -0.199. The summed E-state index contributed by atoms with van der Waals surface area (Å²) < 4.78 is 10.6. The Balaban J connectivity index is 1.69. The molecule has 7 nitrogen and oxygen atoms in total. The molecule has 1 aliphatic rings. The lowest BCUT2D eigenvalue weighted by molar-refractivity contribution is 0.0948. The molecule has 0 unspecified atom stereocenters. The van der Waals surface area contributed by atoms with Crippen molar-refractivity contribution in [1.82, 2.24) is 15.3 Å². The first-order valence-electron chi connectivity index (χ1n) is 7.54. The number of aromatic nitrogens is 2. The maximum absolute atomic E-state index is 12.0. The van der Waals surface area contributed by atoms with E-state index < -0.39 is 0 Å². The second-order valence-corrected chi connectivity index (χ2v) is 5.07. The average molecular weight is 314 g/mol. The van der Waals surface area contributed by atoms with Crippen molar-refractivity contribution in [2.45, 2.75) is 19.8 Å². The highest BCUT2D eigenvalue weighted by Gasteiger charge is 2.14. The van der Waals surface area contributed by atoms with Crippen LogP contribution in [0, 0.1) is 0 Å². The highest BCUT2D eigenvalue weighted by atomic mass is 16.7. The summed E-state index contributed by atoms with van der Waals surface area (Å²) in [6.07, 6.45) is 3.52. The minimum absolute atomic E-state index is 0.199. The number of nitrogens with one attached hydrogen (secondary N) is 2. The molecule has 1 amide bonds. The fraction of sp³-hybridized carbons (Fsp3) is 0.312. The van der Waals surface area contributed by atoms with E-state index >= 15 is 0 Å². The number of fused-ring (bicyclic) bond motifs is 1. The summed E-state index contributed by atoms with van der Waals surface area (Å²) in [5.41, 5.74) is 1.09. The normalized spacial score (nSPS) is 12.0. The molecule has 1 aromatic heterocycles. The van der Waals surface area contributed by atoms with Gasteiger partial charge >= 0.3 is 0 Å². The second kappa shape index (κ2) is 6.95. The summed E-state index contributed by atoms with van der Waals surface area (Å²) in [6.45, 7) is 2.94. The molecule has 0 spiro atoms. The van der Waals surface area contributed by atoms with Crippen molar-refractivity contribution in [3.8, 4) is 11.5 Å². The zero-order chi connectivity index (χ0) is 16.1. The molecule has 0 saturated carbocycles. The lowest BCUT2D eigenvalue weighted by Crippen LogP contribution is -2.25. The van der Waals surface area contributed by atoms with E-state index in [2.05, 4.69) is 27.5 Å². The SMILES string of the molecule is CCCCNC(=O)c1ccnc(Nc2ccc3c(c2)OCO3)n1. The van der Waals surface area contributed by atoms with E-state index in [9.17, 15) is 4.79 Å². The van der Waals surface area contributed by atoms with Gasteiger partial charge < -0.3 is 20.1 Å². The first kappa shape index (κ1) is 15.1. The first-order valence-corrected chi connectivity index (χ1v) is 7.54. The molecule has 1 aliphatic heterocycles. The molecule has 0 fully saturated rings. The molecule has 0 radical (unpaired) electrons. The first-order chi connectivity index (χ1) is 11.3. The number of carbonyl (C=O) groups excluding carboxylic acids is 1. The number of amides is 1. The van der Waals surface area contributed by atoms with Crippen LogP contribution in [0.4, 0.5) is 11.6 Å².